The predicted molar refractivity (Wildman–Crippen MR) is 51.3 cm³/mol. The van der Waals surface area contributed by atoms with Crippen LogP contribution in [0.5, 0.6) is 0 Å². The summed E-state index contributed by atoms with van der Waals surface area (Å²) in [6.45, 7) is 0. The van der Waals surface area contributed by atoms with Crippen LogP contribution in [0.15, 0.2) is 24.3 Å². The molecule has 0 amide bonds. The lowest BCUT2D eigenvalue weighted by molar-refractivity contribution is -0.107. The predicted octanol–water partition coefficient (Wildman–Crippen LogP) is 3.26. The largest absolute Gasteiger partial charge is 0.276 e. The van der Waals surface area contributed by atoms with Gasteiger partial charge < -0.3 is 0 Å². The van der Waals surface area contributed by atoms with Crippen molar-refractivity contribution in [1.29, 1.82) is 0 Å². The topological polar surface area (TPSA) is 17.1 Å². The number of hydrogen-bond donors (Lipinski definition) is 0. The Kier molecular flexibility index (Phi) is 3.46. The van der Waals surface area contributed by atoms with Gasteiger partial charge in [0.1, 0.15) is 5.82 Å². The first kappa shape index (κ1) is 10.2. The maximum atomic E-state index is 13.0. The van der Waals surface area contributed by atoms with E-state index in [9.17, 15) is 9.18 Å². The number of hydrogen-bond acceptors (Lipinski definition) is 1. The van der Waals surface area contributed by atoms with Crippen molar-refractivity contribution >= 4 is 34.5 Å². The van der Waals surface area contributed by atoms with E-state index >= 15 is 0 Å². The lowest BCUT2D eigenvalue weighted by atomic mass is 10.2. The molecule has 0 aromatic heterocycles. The Morgan fingerprint density at radius 1 is 1.46 bits per heavy atom. The first-order valence-corrected chi connectivity index (χ1v) is 4.18. The summed E-state index contributed by atoms with van der Waals surface area (Å²) in [5, 5.41) is -0.332. The molecule has 68 valence electrons. The number of allylic oxidation sites excluding steroid dienone is 1. The smallest absolute Gasteiger partial charge is 0.245 e. The quantitative estimate of drug-likeness (QED) is 0.551. The van der Waals surface area contributed by atoms with Crippen LogP contribution in [0.1, 0.15) is 5.56 Å². The second-order valence-corrected chi connectivity index (χ2v) is 3.11. The monoisotopic (exact) mass is 218 g/mol. The van der Waals surface area contributed by atoms with Crippen LogP contribution in [-0.4, -0.2) is 5.24 Å². The van der Waals surface area contributed by atoms with Crippen LogP contribution in [0.25, 0.3) is 6.08 Å². The average Bonchev–Trinajstić information content (AvgIpc) is 2.02. The molecule has 0 saturated carbocycles. The standard InChI is InChI=1S/C9H5Cl2FO/c10-7-3-1-6(8(12)5-7)2-4-9(11)13/h1-5H/b4-2+. The second kappa shape index (κ2) is 4.40. The average molecular weight is 219 g/mol. The molecule has 0 unspecified atom stereocenters. The highest BCUT2D eigenvalue weighted by atomic mass is 35.5. The van der Waals surface area contributed by atoms with Crippen LogP contribution in [0.2, 0.25) is 5.02 Å². The van der Waals surface area contributed by atoms with Crippen molar-refractivity contribution < 1.29 is 9.18 Å². The summed E-state index contributed by atoms with van der Waals surface area (Å²) in [6.07, 6.45) is 2.37. The Balaban J connectivity index is 2.96. The van der Waals surface area contributed by atoms with Crippen molar-refractivity contribution in [3.63, 3.8) is 0 Å². The molecule has 0 fully saturated rings. The van der Waals surface area contributed by atoms with Crippen LogP contribution in [0.4, 0.5) is 4.39 Å². The Morgan fingerprint density at radius 3 is 2.69 bits per heavy atom. The van der Waals surface area contributed by atoms with E-state index < -0.39 is 11.1 Å². The summed E-state index contributed by atoms with van der Waals surface area (Å²) in [5.74, 6) is -0.485. The van der Waals surface area contributed by atoms with E-state index in [0.717, 1.165) is 6.08 Å². The Hall–Kier alpha value is -0.860. The van der Waals surface area contributed by atoms with E-state index in [1.807, 2.05) is 0 Å². The molecular formula is C9H5Cl2FO. The summed E-state index contributed by atoms with van der Waals surface area (Å²) in [7, 11) is 0. The fourth-order valence-electron chi connectivity index (χ4n) is 0.792. The van der Waals surface area contributed by atoms with Gasteiger partial charge in [-0.05, 0) is 35.9 Å². The Morgan fingerprint density at radius 2 is 2.15 bits per heavy atom. The van der Waals surface area contributed by atoms with Gasteiger partial charge in [-0.2, -0.15) is 0 Å². The van der Waals surface area contributed by atoms with Crippen LogP contribution in [0.3, 0.4) is 0 Å². The van der Waals surface area contributed by atoms with Gasteiger partial charge in [0.2, 0.25) is 5.24 Å². The number of carbonyl (C=O) groups excluding carboxylic acids is 1. The van der Waals surface area contributed by atoms with Crippen LogP contribution >= 0.6 is 23.2 Å². The van der Waals surface area contributed by atoms with Crippen LogP contribution in [0, 0.1) is 5.82 Å². The summed E-state index contributed by atoms with van der Waals surface area (Å²) in [4.78, 5) is 10.3. The van der Waals surface area contributed by atoms with Gasteiger partial charge in [-0.1, -0.05) is 17.7 Å². The van der Waals surface area contributed by atoms with Gasteiger partial charge in [0.25, 0.3) is 0 Å². The SMILES string of the molecule is O=C(Cl)/C=C/c1ccc(Cl)cc1F. The van der Waals surface area contributed by atoms with Crippen molar-refractivity contribution in [2.24, 2.45) is 0 Å². The molecule has 0 saturated heterocycles. The third-order valence-corrected chi connectivity index (χ3v) is 1.72. The van der Waals surface area contributed by atoms with Gasteiger partial charge in [-0.3, -0.25) is 4.79 Å². The van der Waals surface area contributed by atoms with Gasteiger partial charge in [-0.25, -0.2) is 4.39 Å². The van der Waals surface area contributed by atoms with E-state index in [4.69, 9.17) is 23.2 Å². The molecular weight excluding hydrogens is 214 g/mol. The van der Waals surface area contributed by atoms with Crippen molar-refractivity contribution in [2.45, 2.75) is 0 Å². The fourth-order valence-corrected chi connectivity index (χ4v) is 1.01. The molecule has 0 aliphatic rings. The highest BCUT2D eigenvalue weighted by Crippen LogP contribution is 2.15. The highest BCUT2D eigenvalue weighted by molar-refractivity contribution is 6.66. The molecule has 0 heterocycles. The Bertz CT molecular complexity index is 361. The van der Waals surface area contributed by atoms with Gasteiger partial charge in [0.05, 0.1) is 0 Å². The molecule has 1 aromatic rings. The molecule has 0 aliphatic heterocycles. The molecule has 0 aliphatic carbocycles. The number of halogens is 3. The normalized spacial score (nSPS) is 10.7. The first-order chi connectivity index (χ1) is 6.09. The molecule has 13 heavy (non-hydrogen) atoms. The molecule has 0 N–H and O–H groups in total. The fraction of sp³-hybridized carbons (Fsp3) is 0. The van der Waals surface area contributed by atoms with Crippen molar-refractivity contribution in [2.75, 3.05) is 0 Å². The summed E-state index contributed by atoms with van der Waals surface area (Å²) in [6, 6.07) is 4.16. The number of carbonyl (C=O) groups is 1. The maximum absolute atomic E-state index is 13.0. The molecule has 0 bridgehead atoms. The van der Waals surface area contributed by atoms with Gasteiger partial charge in [0.15, 0.2) is 0 Å². The summed E-state index contributed by atoms with van der Waals surface area (Å²) in [5.41, 5.74) is 0.276. The molecule has 0 spiro atoms. The molecule has 0 atom stereocenters. The van der Waals surface area contributed by atoms with Crippen LogP contribution < -0.4 is 0 Å². The zero-order valence-electron chi connectivity index (χ0n) is 6.43. The third-order valence-electron chi connectivity index (χ3n) is 1.36. The van der Waals surface area contributed by atoms with Crippen molar-refractivity contribution in [1.82, 2.24) is 0 Å². The maximum Gasteiger partial charge on any atom is 0.245 e. The number of benzene rings is 1. The van der Waals surface area contributed by atoms with Gasteiger partial charge in [0, 0.05) is 10.6 Å². The lowest BCUT2D eigenvalue weighted by Crippen LogP contribution is -1.82. The highest BCUT2D eigenvalue weighted by Gasteiger charge is 1.99. The lowest BCUT2D eigenvalue weighted by Gasteiger charge is -1.95. The zero-order chi connectivity index (χ0) is 9.84. The summed E-state index contributed by atoms with van der Waals surface area (Å²) < 4.78 is 13.0. The minimum Gasteiger partial charge on any atom is -0.276 e. The molecule has 1 rings (SSSR count). The van der Waals surface area contributed by atoms with E-state index in [0.29, 0.717) is 5.02 Å². The molecule has 1 aromatic carbocycles. The second-order valence-electron chi connectivity index (χ2n) is 2.30. The van der Waals surface area contributed by atoms with Gasteiger partial charge >= 0.3 is 0 Å². The van der Waals surface area contributed by atoms with E-state index in [1.54, 1.807) is 0 Å². The minimum absolute atomic E-state index is 0.276. The van der Waals surface area contributed by atoms with Crippen molar-refractivity contribution in [3.05, 3.63) is 40.7 Å². The first-order valence-electron chi connectivity index (χ1n) is 3.42. The summed E-state index contributed by atoms with van der Waals surface area (Å²) >= 11 is 10.6. The van der Waals surface area contributed by atoms with E-state index in [1.165, 1.54) is 24.3 Å². The molecule has 1 nitrogen and oxygen atoms in total. The third kappa shape index (κ3) is 3.17. The minimum atomic E-state index is -0.644. The van der Waals surface area contributed by atoms with Gasteiger partial charge in [-0.15, -0.1) is 0 Å². The van der Waals surface area contributed by atoms with E-state index in [2.05, 4.69) is 0 Å². The number of rotatable bonds is 2. The molecule has 4 heteroatoms. The Labute approximate surface area is 84.8 Å². The molecule has 0 radical (unpaired) electrons. The van der Waals surface area contributed by atoms with E-state index in [-0.39, 0.29) is 5.56 Å². The van der Waals surface area contributed by atoms with Crippen LogP contribution in [-0.2, 0) is 4.79 Å². The zero-order valence-corrected chi connectivity index (χ0v) is 7.94. The van der Waals surface area contributed by atoms with Crippen molar-refractivity contribution in [3.8, 4) is 0 Å².